The van der Waals surface area contributed by atoms with Crippen molar-refractivity contribution in [2.45, 2.75) is 13.8 Å². The Morgan fingerprint density at radius 2 is 1.58 bits per heavy atom. The predicted molar refractivity (Wildman–Crippen MR) is 73.5 cm³/mol. The van der Waals surface area contributed by atoms with Crippen LogP contribution in [0.15, 0.2) is 52.7 Å². The van der Waals surface area contributed by atoms with Gasteiger partial charge in [-0.2, -0.15) is 10.2 Å². The molecule has 2 rings (SSSR count). The molecule has 96 valence electrons. The van der Waals surface area contributed by atoms with E-state index in [0.717, 1.165) is 16.8 Å². The van der Waals surface area contributed by atoms with Gasteiger partial charge < -0.3 is 5.11 Å². The lowest BCUT2D eigenvalue weighted by atomic mass is 10.1. The number of benzene rings is 2. The van der Waals surface area contributed by atoms with E-state index < -0.39 is 5.97 Å². The van der Waals surface area contributed by atoms with Crippen molar-refractivity contribution < 1.29 is 9.90 Å². The van der Waals surface area contributed by atoms with E-state index in [9.17, 15) is 4.79 Å². The molecule has 0 saturated heterocycles. The Labute approximate surface area is 111 Å². The van der Waals surface area contributed by atoms with Crippen LogP contribution >= 0.6 is 0 Å². The monoisotopic (exact) mass is 254 g/mol. The third kappa shape index (κ3) is 3.04. The predicted octanol–water partition coefficient (Wildman–Crippen LogP) is 4.42. The van der Waals surface area contributed by atoms with Crippen molar-refractivity contribution in [2.24, 2.45) is 10.2 Å². The molecule has 0 amide bonds. The first kappa shape index (κ1) is 13.0. The van der Waals surface area contributed by atoms with Gasteiger partial charge in [0.2, 0.25) is 0 Å². The van der Waals surface area contributed by atoms with Gasteiger partial charge in [0.05, 0.1) is 16.9 Å². The molecule has 0 aliphatic rings. The van der Waals surface area contributed by atoms with Gasteiger partial charge >= 0.3 is 5.97 Å². The molecule has 2 aromatic rings. The fraction of sp³-hybridized carbons (Fsp3) is 0.133. The van der Waals surface area contributed by atoms with Crippen LogP contribution in [0.1, 0.15) is 21.5 Å². The van der Waals surface area contributed by atoms with Crippen LogP contribution in [0.4, 0.5) is 11.4 Å². The summed E-state index contributed by atoms with van der Waals surface area (Å²) >= 11 is 0. The topological polar surface area (TPSA) is 62.0 Å². The summed E-state index contributed by atoms with van der Waals surface area (Å²) in [5.41, 5.74) is 3.58. The number of hydrogen-bond donors (Lipinski definition) is 1. The molecule has 19 heavy (non-hydrogen) atoms. The number of carbonyl (C=O) groups is 1. The Morgan fingerprint density at radius 1 is 0.947 bits per heavy atom. The lowest BCUT2D eigenvalue weighted by Crippen LogP contribution is -1.95. The van der Waals surface area contributed by atoms with Gasteiger partial charge in [-0.15, -0.1) is 0 Å². The number of hydrogen-bond acceptors (Lipinski definition) is 3. The van der Waals surface area contributed by atoms with Crippen LogP contribution in [0.25, 0.3) is 0 Å². The molecule has 1 N–H and O–H groups in total. The molecule has 4 heteroatoms. The van der Waals surface area contributed by atoms with E-state index in [2.05, 4.69) is 10.2 Å². The molecular formula is C15H14N2O2. The maximum absolute atomic E-state index is 10.8. The minimum absolute atomic E-state index is 0.257. The Balaban J connectivity index is 2.29. The number of carboxylic acids is 1. The molecule has 0 heterocycles. The fourth-order valence-electron chi connectivity index (χ4n) is 1.68. The van der Waals surface area contributed by atoms with E-state index >= 15 is 0 Å². The molecule has 0 aliphatic heterocycles. The first-order valence-corrected chi connectivity index (χ1v) is 5.89. The average molecular weight is 254 g/mol. The smallest absolute Gasteiger partial charge is 0.335 e. The number of aryl methyl sites for hydroxylation is 2. The third-order valence-corrected chi connectivity index (χ3v) is 2.82. The molecule has 0 bridgehead atoms. The second-order valence-corrected chi connectivity index (χ2v) is 4.29. The van der Waals surface area contributed by atoms with E-state index in [0.29, 0.717) is 5.69 Å². The molecule has 0 aliphatic carbocycles. The highest BCUT2D eigenvalue weighted by molar-refractivity contribution is 5.88. The molecule has 0 unspecified atom stereocenters. The van der Waals surface area contributed by atoms with Crippen LogP contribution in [-0.4, -0.2) is 11.1 Å². The van der Waals surface area contributed by atoms with Gasteiger partial charge in [0.15, 0.2) is 0 Å². The van der Waals surface area contributed by atoms with E-state index in [-0.39, 0.29) is 5.56 Å². The van der Waals surface area contributed by atoms with Gasteiger partial charge in [-0.1, -0.05) is 18.2 Å². The normalized spacial score (nSPS) is 10.8. The highest BCUT2D eigenvalue weighted by Crippen LogP contribution is 2.24. The summed E-state index contributed by atoms with van der Waals surface area (Å²) in [6.07, 6.45) is 0. The molecule has 2 aromatic carbocycles. The largest absolute Gasteiger partial charge is 0.478 e. The summed E-state index contributed by atoms with van der Waals surface area (Å²) in [4.78, 5) is 10.8. The minimum Gasteiger partial charge on any atom is -0.478 e. The summed E-state index contributed by atoms with van der Waals surface area (Å²) in [6.45, 7) is 3.79. The van der Waals surface area contributed by atoms with Crippen molar-refractivity contribution >= 4 is 17.3 Å². The first-order valence-electron chi connectivity index (χ1n) is 5.89. The van der Waals surface area contributed by atoms with Crippen molar-refractivity contribution in [3.8, 4) is 0 Å². The molecule has 0 aromatic heterocycles. The SMILES string of the molecule is Cc1ccccc1N=Nc1ccc(C(=O)O)cc1C. The quantitative estimate of drug-likeness (QED) is 0.824. The van der Waals surface area contributed by atoms with Crippen LogP contribution in [0.3, 0.4) is 0 Å². The van der Waals surface area contributed by atoms with Gasteiger partial charge in [-0.05, 0) is 49.2 Å². The van der Waals surface area contributed by atoms with Gasteiger partial charge in [-0.25, -0.2) is 4.79 Å². The maximum Gasteiger partial charge on any atom is 0.335 e. The van der Waals surface area contributed by atoms with Crippen LogP contribution in [0.2, 0.25) is 0 Å². The van der Waals surface area contributed by atoms with Gasteiger partial charge in [0, 0.05) is 0 Å². The van der Waals surface area contributed by atoms with Crippen molar-refractivity contribution in [2.75, 3.05) is 0 Å². The number of rotatable bonds is 3. The van der Waals surface area contributed by atoms with Crippen molar-refractivity contribution in [1.82, 2.24) is 0 Å². The molecule has 0 saturated carbocycles. The van der Waals surface area contributed by atoms with E-state index in [1.54, 1.807) is 12.1 Å². The van der Waals surface area contributed by atoms with Crippen LogP contribution in [-0.2, 0) is 0 Å². The second kappa shape index (κ2) is 5.44. The zero-order valence-corrected chi connectivity index (χ0v) is 10.8. The zero-order chi connectivity index (χ0) is 13.8. The van der Waals surface area contributed by atoms with Crippen LogP contribution in [0.5, 0.6) is 0 Å². The van der Waals surface area contributed by atoms with Crippen molar-refractivity contribution in [3.63, 3.8) is 0 Å². The Hall–Kier alpha value is -2.49. The van der Waals surface area contributed by atoms with Crippen molar-refractivity contribution in [3.05, 3.63) is 59.2 Å². The Bertz CT molecular complexity index is 648. The van der Waals surface area contributed by atoms with Crippen LogP contribution in [0, 0.1) is 13.8 Å². The molecule has 4 nitrogen and oxygen atoms in total. The standard InChI is InChI=1S/C15H14N2O2/c1-10-5-3-4-6-13(10)16-17-14-8-7-12(15(18)19)9-11(14)2/h3-9H,1-2H3,(H,18,19). The average Bonchev–Trinajstić information content (AvgIpc) is 2.39. The highest BCUT2D eigenvalue weighted by Gasteiger charge is 2.05. The summed E-state index contributed by atoms with van der Waals surface area (Å²) in [7, 11) is 0. The first-order chi connectivity index (χ1) is 9.08. The number of nitrogens with zero attached hydrogens (tertiary/aromatic N) is 2. The lowest BCUT2D eigenvalue weighted by Gasteiger charge is -2.01. The lowest BCUT2D eigenvalue weighted by molar-refractivity contribution is 0.0697. The molecule has 0 atom stereocenters. The van der Waals surface area contributed by atoms with Crippen LogP contribution < -0.4 is 0 Å². The van der Waals surface area contributed by atoms with E-state index in [4.69, 9.17) is 5.11 Å². The number of aromatic carboxylic acids is 1. The van der Waals surface area contributed by atoms with E-state index in [1.165, 1.54) is 6.07 Å². The Morgan fingerprint density at radius 3 is 2.16 bits per heavy atom. The van der Waals surface area contributed by atoms with E-state index in [1.807, 2.05) is 38.1 Å². The molecule has 0 spiro atoms. The molecular weight excluding hydrogens is 240 g/mol. The summed E-state index contributed by atoms with van der Waals surface area (Å²) in [5, 5.41) is 17.2. The maximum atomic E-state index is 10.8. The number of azo groups is 1. The third-order valence-electron chi connectivity index (χ3n) is 2.82. The van der Waals surface area contributed by atoms with Gasteiger partial charge in [-0.3, -0.25) is 0 Å². The highest BCUT2D eigenvalue weighted by atomic mass is 16.4. The fourth-order valence-corrected chi connectivity index (χ4v) is 1.68. The van der Waals surface area contributed by atoms with Gasteiger partial charge in [0.1, 0.15) is 0 Å². The molecule has 0 radical (unpaired) electrons. The molecule has 0 fully saturated rings. The summed E-state index contributed by atoms with van der Waals surface area (Å²) in [5.74, 6) is -0.939. The zero-order valence-electron chi connectivity index (χ0n) is 10.8. The number of carboxylic acid groups (broad SMARTS) is 1. The Kier molecular flexibility index (Phi) is 3.71. The summed E-state index contributed by atoms with van der Waals surface area (Å²) < 4.78 is 0. The minimum atomic E-state index is -0.939. The van der Waals surface area contributed by atoms with Crippen molar-refractivity contribution in [1.29, 1.82) is 0 Å². The van der Waals surface area contributed by atoms with Gasteiger partial charge in [0.25, 0.3) is 0 Å². The second-order valence-electron chi connectivity index (χ2n) is 4.29. The summed E-state index contributed by atoms with van der Waals surface area (Å²) in [6, 6.07) is 12.5.